The highest BCUT2D eigenvalue weighted by molar-refractivity contribution is 6.39. The number of carboxylic acids is 2. The molecule has 0 saturated carbocycles. The molecule has 15 nitrogen and oxygen atoms in total. The van der Waals surface area contributed by atoms with Crippen LogP contribution in [0.3, 0.4) is 0 Å². The first-order chi connectivity index (χ1) is 23.3. The number of aliphatic carboxylic acids is 1. The molecule has 0 fully saturated rings. The van der Waals surface area contributed by atoms with Crippen molar-refractivity contribution in [2.75, 3.05) is 18.6 Å². The number of methoxy groups -OCH3 is 1. The number of carboxylic acid groups (broad SMARTS) is 2. The first-order valence-corrected chi connectivity index (χ1v) is 14.8. The van der Waals surface area contributed by atoms with Gasteiger partial charge in [0.1, 0.15) is 23.7 Å². The van der Waals surface area contributed by atoms with Crippen LogP contribution in [-0.4, -0.2) is 82.0 Å². The van der Waals surface area contributed by atoms with E-state index in [0.717, 1.165) is 18.1 Å². The summed E-state index contributed by atoms with van der Waals surface area (Å²) in [6.07, 6.45) is -0.615. The van der Waals surface area contributed by atoms with Gasteiger partial charge in [-0.25, -0.2) is 24.1 Å². The van der Waals surface area contributed by atoms with Gasteiger partial charge in [0, 0.05) is 18.2 Å². The van der Waals surface area contributed by atoms with E-state index in [-0.39, 0.29) is 47.7 Å². The fourth-order valence-electron chi connectivity index (χ4n) is 4.67. The van der Waals surface area contributed by atoms with E-state index in [1.165, 1.54) is 66.7 Å². The minimum Gasteiger partial charge on any atom is -0.507 e. The topological polar surface area (TPSA) is 223 Å². The van der Waals surface area contributed by atoms with Crippen molar-refractivity contribution in [3.05, 3.63) is 96.1 Å². The summed E-state index contributed by atoms with van der Waals surface area (Å²) in [6, 6.07) is 13.4. The van der Waals surface area contributed by atoms with Crippen LogP contribution in [0.2, 0.25) is 0 Å². The summed E-state index contributed by atoms with van der Waals surface area (Å²) in [7, 11) is 1.15. The monoisotopic (exact) mass is 677 g/mol. The number of carbonyl (C=O) groups excluding carboxylic acids is 4. The second-order valence-electron chi connectivity index (χ2n) is 10.4. The highest BCUT2D eigenvalue weighted by Gasteiger charge is 2.36. The molecule has 0 aliphatic heterocycles. The molecule has 0 aliphatic carbocycles. The molecule has 258 valence electrons. The number of amides is 3. The van der Waals surface area contributed by atoms with Crippen LogP contribution >= 0.6 is 0 Å². The number of benzene rings is 3. The quantitative estimate of drug-likeness (QED) is 0.0825. The minimum atomic E-state index is -1.82. The lowest BCUT2D eigenvalue weighted by Gasteiger charge is -2.31. The Hall–Kier alpha value is -6.22. The summed E-state index contributed by atoms with van der Waals surface area (Å²) < 4.78 is 15.7. The maximum atomic E-state index is 13.7. The molecule has 0 aromatic heterocycles. The molecular weight excluding hydrogens is 642 g/mol. The molecule has 0 radical (unpaired) electrons. The van der Waals surface area contributed by atoms with Crippen LogP contribution in [0.4, 0.5) is 16.2 Å². The van der Waals surface area contributed by atoms with Crippen LogP contribution in [0.5, 0.6) is 11.5 Å². The predicted octanol–water partition coefficient (Wildman–Crippen LogP) is 3.85. The first-order valence-electron chi connectivity index (χ1n) is 14.8. The molecule has 49 heavy (non-hydrogen) atoms. The van der Waals surface area contributed by atoms with E-state index < -0.39 is 53.8 Å². The van der Waals surface area contributed by atoms with Gasteiger partial charge in [0.2, 0.25) is 0 Å². The number of phenolic OH excluding ortho intramolecular Hbond substituents is 1. The number of rotatable bonds is 14. The Balaban J connectivity index is 1.91. The van der Waals surface area contributed by atoms with Crippen molar-refractivity contribution in [1.82, 2.24) is 4.90 Å². The lowest BCUT2D eigenvalue weighted by Crippen LogP contribution is -2.54. The fourth-order valence-corrected chi connectivity index (χ4v) is 4.67. The largest absolute Gasteiger partial charge is 0.507 e. The number of nitrogens with zero attached hydrogens (tertiary/aromatic N) is 2. The zero-order valence-electron chi connectivity index (χ0n) is 26.6. The number of carbonyl (C=O) groups is 6. The van der Waals surface area contributed by atoms with Gasteiger partial charge in [-0.05, 0) is 48.4 Å². The van der Waals surface area contributed by atoms with Crippen molar-refractivity contribution in [3.8, 4) is 11.5 Å². The number of nitrogens with two attached hydrogens (primary N) is 1. The number of esters is 1. The van der Waals surface area contributed by atoms with Crippen molar-refractivity contribution in [1.29, 1.82) is 0 Å². The van der Waals surface area contributed by atoms with E-state index in [1.807, 2.05) is 0 Å². The number of aromatic carboxylic acids is 1. The fraction of sp³-hybridized carbons (Fsp3) is 0.235. The third-order valence-electron chi connectivity index (χ3n) is 6.96. The second-order valence-corrected chi connectivity index (χ2v) is 10.4. The predicted molar refractivity (Wildman–Crippen MR) is 173 cm³/mol. The number of hydrogen-bond acceptors (Lipinski definition) is 11. The molecular formula is C34H35N3O12. The molecule has 3 aromatic rings. The molecule has 3 rings (SSSR count). The van der Waals surface area contributed by atoms with Crippen molar-refractivity contribution in [2.45, 2.75) is 38.5 Å². The third-order valence-corrected chi connectivity index (χ3v) is 6.96. The van der Waals surface area contributed by atoms with Gasteiger partial charge in [0.25, 0.3) is 5.91 Å². The Morgan fingerprint density at radius 3 is 2.20 bits per heavy atom. The van der Waals surface area contributed by atoms with Crippen molar-refractivity contribution in [2.24, 2.45) is 5.73 Å². The molecule has 5 N–H and O–H groups in total. The van der Waals surface area contributed by atoms with E-state index in [2.05, 4.69) is 11.3 Å². The minimum absolute atomic E-state index is 0.0204. The molecule has 3 aromatic carbocycles. The summed E-state index contributed by atoms with van der Waals surface area (Å²) in [5.74, 6) is -6.71. The zero-order chi connectivity index (χ0) is 36.2. The molecule has 0 aliphatic rings. The van der Waals surface area contributed by atoms with E-state index in [1.54, 1.807) is 6.92 Å². The van der Waals surface area contributed by atoms with E-state index in [4.69, 9.17) is 15.2 Å². The standard InChI is InChI=1S/C34H35N3O12/c1-4-8-28(49-22-15-16-24(27(38)19-22)33(45)47-3)37(34(46)48-17-5-2)29(39)25(35)18-20-11-13-21(14-12-20)36(30(40)32(43)44)26-10-7-6-9-23(26)31(41)42/h5-7,9-16,19,25,28,38H,2,4,8,17-18,35H2,1,3H3,(H,41,42)(H,43,44)/t25-,28?/m0/s1. The number of aromatic hydroxyl groups is 1. The Morgan fingerprint density at radius 1 is 0.959 bits per heavy atom. The van der Waals surface area contributed by atoms with Crippen LogP contribution in [0, 0.1) is 0 Å². The summed E-state index contributed by atoms with van der Waals surface area (Å²) in [4.78, 5) is 76.4. The second kappa shape index (κ2) is 17.1. The molecule has 15 heteroatoms. The number of imide groups is 1. The van der Waals surface area contributed by atoms with E-state index in [0.29, 0.717) is 16.9 Å². The number of phenols is 1. The van der Waals surface area contributed by atoms with Gasteiger partial charge in [0.05, 0.1) is 24.4 Å². The van der Waals surface area contributed by atoms with Crippen LogP contribution in [0.1, 0.15) is 46.0 Å². The van der Waals surface area contributed by atoms with Gasteiger partial charge in [-0.2, -0.15) is 0 Å². The van der Waals surface area contributed by atoms with Gasteiger partial charge in [-0.15, -0.1) is 0 Å². The summed E-state index contributed by atoms with van der Waals surface area (Å²) >= 11 is 0. The number of ether oxygens (including phenoxy) is 3. The molecule has 3 amide bonds. The molecule has 1 unspecified atom stereocenters. The van der Waals surface area contributed by atoms with Crippen LogP contribution in [0.15, 0.2) is 79.4 Å². The Morgan fingerprint density at radius 2 is 1.63 bits per heavy atom. The smallest absolute Gasteiger partial charge is 0.419 e. The van der Waals surface area contributed by atoms with E-state index >= 15 is 0 Å². The molecule has 2 atom stereocenters. The Labute approximate surface area is 280 Å². The lowest BCUT2D eigenvalue weighted by molar-refractivity contribution is -0.148. The number of hydrogen-bond donors (Lipinski definition) is 4. The Kier molecular flexibility index (Phi) is 13.0. The van der Waals surface area contributed by atoms with Gasteiger partial charge in [-0.3, -0.25) is 14.5 Å². The van der Waals surface area contributed by atoms with Crippen molar-refractivity contribution in [3.63, 3.8) is 0 Å². The summed E-state index contributed by atoms with van der Waals surface area (Å²) in [6.45, 7) is 5.05. The highest BCUT2D eigenvalue weighted by Crippen LogP contribution is 2.30. The third kappa shape index (κ3) is 9.20. The molecule has 0 spiro atoms. The van der Waals surface area contributed by atoms with Gasteiger partial charge >= 0.3 is 29.9 Å². The van der Waals surface area contributed by atoms with Crippen LogP contribution < -0.4 is 15.4 Å². The number of para-hydroxylation sites is 1. The van der Waals surface area contributed by atoms with Crippen molar-refractivity contribution >= 4 is 47.2 Å². The van der Waals surface area contributed by atoms with Gasteiger partial charge < -0.3 is 35.3 Å². The maximum absolute atomic E-state index is 13.7. The van der Waals surface area contributed by atoms with E-state index in [9.17, 15) is 44.1 Å². The summed E-state index contributed by atoms with van der Waals surface area (Å²) in [5, 5.41) is 29.4. The van der Waals surface area contributed by atoms with Crippen molar-refractivity contribution < 1.29 is 58.3 Å². The molecule has 0 bridgehead atoms. The SMILES string of the molecule is C=CCOC(=O)N(C(=O)[C@@H](N)Cc1ccc(N(C(=O)C(=O)O)c2ccccc2C(=O)O)cc1)C(CCC)Oc1ccc(C(=O)OC)c(O)c1. The Bertz CT molecular complexity index is 1720. The van der Waals surface area contributed by atoms with Gasteiger partial charge in [0.15, 0.2) is 6.23 Å². The average molecular weight is 678 g/mol. The first kappa shape index (κ1) is 37.2. The normalized spacial score (nSPS) is 11.7. The highest BCUT2D eigenvalue weighted by atomic mass is 16.6. The zero-order valence-corrected chi connectivity index (χ0v) is 26.6. The average Bonchev–Trinajstić information content (AvgIpc) is 3.08. The molecule has 0 heterocycles. The van der Waals surface area contributed by atoms with Gasteiger partial charge in [-0.1, -0.05) is 50.3 Å². The molecule has 0 saturated heterocycles. The number of anilines is 2. The van der Waals surface area contributed by atoms with Crippen LogP contribution in [-0.2, 0) is 30.3 Å². The maximum Gasteiger partial charge on any atom is 0.419 e. The van der Waals surface area contributed by atoms with Crippen LogP contribution in [0.25, 0.3) is 0 Å². The summed E-state index contributed by atoms with van der Waals surface area (Å²) in [5.41, 5.74) is 6.14. The lowest BCUT2D eigenvalue weighted by atomic mass is 10.0.